The van der Waals surface area contributed by atoms with Crippen molar-refractivity contribution in [1.82, 2.24) is 5.32 Å². The number of hydrogen-bond acceptors (Lipinski definition) is 14. The molecule has 1 aliphatic heterocycles. The highest BCUT2D eigenvalue weighted by molar-refractivity contribution is 6.73. The molecule has 0 aromatic heterocycles. The Morgan fingerprint density at radius 2 is 1.47 bits per heavy atom. The van der Waals surface area contributed by atoms with Gasteiger partial charge in [0.2, 0.25) is 0 Å². The number of Topliss-reactive ketones (excluding diaryl/α,β-unsaturated/α-hetero) is 1. The van der Waals surface area contributed by atoms with E-state index in [0.717, 1.165) is 5.56 Å². The molecule has 8 rings (SSSR count). The minimum Gasteiger partial charge on any atom is -0.455 e. The first kappa shape index (κ1) is 50.7. The van der Waals surface area contributed by atoms with Crippen LogP contribution in [-0.4, -0.2) is 91.4 Å². The SMILES string of the molecule is CC[Si](CC)(CC)O[C@@H](C(=O)OC1=C(C)C2[C@@H](OC(C)=O)C(=O)[C@]34C[C@H]3C[C@H]3OC[C@@]3(OC(C)=O)[C@H]4[C@H](OC(=O)c3ccccc3)[C@](O)(C1)C2(C)C)[C@@H](NC(=O)OCc1ccccc1)c1ccccc1. The summed E-state index contributed by atoms with van der Waals surface area (Å²) < 4.78 is 44.4. The molecule has 0 radical (unpaired) electrons. The topological polar surface area (TPSA) is 199 Å². The van der Waals surface area contributed by atoms with Gasteiger partial charge in [0.25, 0.3) is 0 Å². The molecule has 4 aliphatic carbocycles. The smallest absolute Gasteiger partial charge is 0.408 e. The molecule has 3 aromatic rings. The molecular formula is C54H65NO14Si. The van der Waals surface area contributed by atoms with Crippen LogP contribution < -0.4 is 5.32 Å². The third-order valence-electron chi connectivity index (χ3n) is 16.4. The maximum absolute atomic E-state index is 15.8. The third kappa shape index (κ3) is 8.78. The summed E-state index contributed by atoms with van der Waals surface area (Å²) in [5.74, 6) is -6.40. The Morgan fingerprint density at radius 1 is 0.857 bits per heavy atom. The molecular weight excluding hydrogens is 915 g/mol. The number of carbonyl (C=O) groups excluding carboxylic acids is 6. The summed E-state index contributed by atoms with van der Waals surface area (Å²) in [6.45, 7) is 13.3. The number of fused-ring (bicyclic) bond motifs is 4. The van der Waals surface area contributed by atoms with Crippen molar-refractivity contribution in [2.75, 3.05) is 6.61 Å². The van der Waals surface area contributed by atoms with Crippen molar-refractivity contribution in [1.29, 1.82) is 0 Å². The Kier molecular flexibility index (Phi) is 14.1. The van der Waals surface area contributed by atoms with Crippen molar-refractivity contribution < 1.29 is 66.7 Å². The fourth-order valence-electron chi connectivity index (χ4n) is 12.3. The maximum Gasteiger partial charge on any atom is 0.408 e. The third-order valence-corrected chi connectivity index (χ3v) is 21.0. The molecule has 3 saturated carbocycles. The second kappa shape index (κ2) is 19.5. The Morgan fingerprint density at radius 3 is 2.04 bits per heavy atom. The van der Waals surface area contributed by atoms with Gasteiger partial charge in [-0.3, -0.25) is 14.4 Å². The van der Waals surface area contributed by atoms with Crippen molar-refractivity contribution in [3.05, 3.63) is 119 Å². The molecule has 3 aromatic carbocycles. The summed E-state index contributed by atoms with van der Waals surface area (Å²) in [4.78, 5) is 86.0. The number of aliphatic hydroxyl groups is 1. The minimum absolute atomic E-state index is 0.0452. The van der Waals surface area contributed by atoms with Gasteiger partial charge in [-0.1, -0.05) is 113 Å². The van der Waals surface area contributed by atoms with Gasteiger partial charge in [0, 0.05) is 37.0 Å². The van der Waals surface area contributed by atoms with E-state index in [0.29, 0.717) is 35.7 Å². The number of esters is 4. The molecule has 11 atom stereocenters. The molecule has 374 valence electrons. The summed E-state index contributed by atoms with van der Waals surface area (Å²) in [6.07, 6.45) is -5.96. The summed E-state index contributed by atoms with van der Waals surface area (Å²) in [5, 5.41) is 17.0. The van der Waals surface area contributed by atoms with E-state index in [-0.39, 0.29) is 36.9 Å². The van der Waals surface area contributed by atoms with E-state index in [2.05, 4.69) is 5.32 Å². The van der Waals surface area contributed by atoms with Crippen LogP contribution in [-0.2, 0) is 58.6 Å². The summed E-state index contributed by atoms with van der Waals surface area (Å²) in [7, 11) is -2.74. The molecule has 70 heavy (non-hydrogen) atoms. The van der Waals surface area contributed by atoms with Crippen molar-refractivity contribution in [2.45, 2.75) is 141 Å². The zero-order valence-corrected chi connectivity index (χ0v) is 42.2. The van der Waals surface area contributed by atoms with E-state index < -0.39 is 115 Å². The number of amides is 1. The second-order valence-electron chi connectivity index (χ2n) is 20.3. The Labute approximate surface area is 410 Å². The quantitative estimate of drug-likeness (QED) is 0.0793. The number of hydrogen-bond donors (Lipinski definition) is 2. The van der Waals surface area contributed by atoms with Crippen LogP contribution in [0, 0.1) is 28.6 Å². The zero-order chi connectivity index (χ0) is 50.4. The van der Waals surface area contributed by atoms with Gasteiger partial charge < -0.3 is 43.3 Å². The van der Waals surface area contributed by atoms with E-state index in [1.54, 1.807) is 81.4 Å². The Hall–Kier alpha value is -5.68. The molecule has 15 nitrogen and oxygen atoms in total. The van der Waals surface area contributed by atoms with Crippen molar-refractivity contribution in [2.24, 2.45) is 28.6 Å². The van der Waals surface area contributed by atoms with Crippen LogP contribution in [0.5, 0.6) is 0 Å². The van der Waals surface area contributed by atoms with Crippen molar-refractivity contribution in [3.63, 3.8) is 0 Å². The predicted octanol–water partition coefficient (Wildman–Crippen LogP) is 8.11. The highest BCUT2D eigenvalue weighted by atomic mass is 28.4. The number of alkyl carbamates (subject to hydrolysis) is 1. The fourth-order valence-corrected chi connectivity index (χ4v) is 15.1. The van der Waals surface area contributed by atoms with Crippen LogP contribution in [0.2, 0.25) is 18.1 Å². The molecule has 1 unspecified atom stereocenters. The predicted molar refractivity (Wildman–Crippen MR) is 256 cm³/mol. The van der Waals surface area contributed by atoms with Gasteiger partial charge in [-0.05, 0) is 72.6 Å². The average molecular weight is 980 g/mol. The number of ether oxygens (including phenoxy) is 6. The number of carbonyl (C=O) groups is 6. The Balaban J connectivity index is 1.27. The van der Waals surface area contributed by atoms with Gasteiger partial charge in [-0.15, -0.1) is 0 Å². The molecule has 2 bridgehead atoms. The zero-order valence-electron chi connectivity index (χ0n) is 41.2. The molecule has 2 N–H and O–H groups in total. The fraction of sp³-hybridized carbons (Fsp3) is 0.519. The molecule has 4 fully saturated rings. The van der Waals surface area contributed by atoms with Crippen LogP contribution in [0.4, 0.5) is 4.79 Å². The van der Waals surface area contributed by atoms with Crippen LogP contribution in [0.3, 0.4) is 0 Å². The first-order valence-corrected chi connectivity index (χ1v) is 27.0. The van der Waals surface area contributed by atoms with E-state index >= 15 is 9.59 Å². The van der Waals surface area contributed by atoms with Crippen LogP contribution in [0.25, 0.3) is 0 Å². The van der Waals surface area contributed by atoms with E-state index in [9.17, 15) is 24.3 Å². The van der Waals surface area contributed by atoms with E-state index in [1.807, 2.05) is 51.1 Å². The van der Waals surface area contributed by atoms with E-state index in [4.69, 9.17) is 32.8 Å². The van der Waals surface area contributed by atoms with Crippen LogP contribution in [0.15, 0.2) is 102 Å². The van der Waals surface area contributed by atoms with E-state index in [1.165, 1.54) is 13.8 Å². The van der Waals surface area contributed by atoms with Crippen LogP contribution in [0.1, 0.15) is 102 Å². The van der Waals surface area contributed by atoms with Gasteiger partial charge in [-0.25, -0.2) is 14.4 Å². The number of ketones is 1. The molecule has 5 aliphatic rings. The van der Waals surface area contributed by atoms with Gasteiger partial charge in [-0.2, -0.15) is 0 Å². The molecule has 1 saturated heterocycles. The van der Waals surface area contributed by atoms with Gasteiger partial charge in [0.1, 0.15) is 30.2 Å². The average Bonchev–Trinajstić information content (AvgIpc) is 4.07. The molecule has 1 heterocycles. The highest BCUT2D eigenvalue weighted by Crippen LogP contribution is 2.75. The second-order valence-corrected chi connectivity index (χ2v) is 25.0. The van der Waals surface area contributed by atoms with Crippen molar-refractivity contribution in [3.8, 4) is 0 Å². The first-order valence-electron chi connectivity index (χ1n) is 24.4. The number of benzene rings is 3. The first-order chi connectivity index (χ1) is 33.3. The summed E-state index contributed by atoms with van der Waals surface area (Å²) >= 11 is 0. The Bertz CT molecular complexity index is 2510. The van der Waals surface area contributed by atoms with Crippen molar-refractivity contribution >= 4 is 44.1 Å². The lowest BCUT2D eigenvalue weighted by Gasteiger charge is -2.64. The molecule has 16 heteroatoms. The van der Waals surface area contributed by atoms with Gasteiger partial charge >= 0.3 is 30.0 Å². The van der Waals surface area contributed by atoms with Gasteiger partial charge in [0.05, 0.1) is 24.1 Å². The lowest BCUT2D eigenvalue weighted by molar-refractivity contribution is -0.326. The maximum atomic E-state index is 15.8. The summed E-state index contributed by atoms with van der Waals surface area (Å²) in [5.41, 5.74) is -4.86. The lowest BCUT2D eigenvalue weighted by atomic mass is 9.47. The van der Waals surface area contributed by atoms with Gasteiger partial charge in [0.15, 0.2) is 31.9 Å². The normalized spacial score (nSPS) is 30.2. The largest absolute Gasteiger partial charge is 0.455 e. The molecule has 1 amide bonds. The minimum atomic E-state index is -2.74. The number of rotatable bonds is 16. The number of nitrogens with one attached hydrogen (secondary N) is 1. The van der Waals surface area contributed by atoms with Crippen LogP contribution >= 0.6 is 0 Å². The standard InChI is InChI=1S/C54H65NO14Si/c1-9-70(10-2,11-3)69-44(42(36-23-17-13-18-24-36)55-50(61)63-30-35-21-15-12-16-22-35)49(60)66-39-29-54(62)47(67-48(59)37-25-19-14-20-26-37)45-52(28-38(52)27-40-53(45,31-64-40)68-34(6)57)46(58)43(65-33(5)56)41(32(39)4)51(54,7)8/h12-26,38,40-45,47,62H,9-11,27-31H2,1-8H3,(H,55,61)/t38-,40-,41?,42+,43-,44-,45+,47+,52-,53+,54-/m1/s1. The monoisotopic (exact) mass is 979 g/mol. The lowest BCUT2D eigenvalue weighted by Crippen LogP contribution is -2.78. The summed E-state index contributed by atoms with van der Waals surface area (Å²) in [6, 6.07) is 27.0. The molecule has 1 spiro atoms. The highest BCUT2D eigenvalue weighted by Gasteiger charge is 2.84.